The van der Waals surface area contributed by atoms with Gasteiger partial charge < -0.3 is 4.98 Å². The first kappa shape index (κ1) is 26.6. The number of hydrogen-bond donors (Lipinski definition) is 0. The zero-order chi connectivity index (χ0) is 41.0. The summed E-state index contributed by atoms with van der Waals surface area (Å²) in [7, 11) is 0. The Balaban J connectivity index is 0.000000195. The van der Waals surface area contributed by atoms with Gasteiger partial charge in [-0.15, -0.1) is 29.1 Å². The second kappa shape index (κ2) is 14.6. The molecule has 0 unspecified atom stereocenters. The molecule has 0 spiro atoms. The maximum Gasteiger partial charge on any atom is 0.0629 e. The zero-order valence-corrected chi connectivity index (χ0v) is 33.0. The third-order valence-corrected chi connectivity index (χ3v) is 12.9. The molecular formula is C44H41GeIrN3O-2. The van der Waals surface area contributed by atoms with Gasteiger partial charge >= 0.3 is 174 Å². The summed E-state index contributed by atoms with van der Waals surface area (Å²) >= 11 is -2.07. The molecule has 4 nitrogen and oxygen atoms in total. The van der Waals surface area contributed by atoms with Crippen molar-refractivity contribution in [2.75, 3.05) is 0 Å². The van der Waals surface area contributed by atoms with E-state index in [4.69, 9.17) is 20.4 Å². The van der Waals surface area contributed by atoms with E-state index in [0.29, 0.717) is 33.9 Å². The molecule has 8 aromatic rings. The fourth-order valence-corrected chi connectivity index (χ4v) is 9.55. The molecule has 253 valence electrons. The zero-order valence-electron chi connectivity index (χ0n) is 36.5. The normalized spacial score (nSPS) is 14.4. The average Bonchev–Trinajstić information content (AvgIpc) is 3.54. The monoisotopic (exact) mass is 902 g/mol. The van der Waals surface area contributed by atoms with Gasteiger partial charge in [-0.1, -0.05) is 59.3 Å². The van der Waals surface area contributed by atoms with Gasteiger partial charge in [-0.05, 0) is 23.5 Å². The van der Waals surface area contributed by atoms with Crippen LogP contribution in [-0.4, -0.2) is 28.2 Å². The molecule has 0 fully saturated rings. The van der Waals surface area contributed by atoms with Gasteiger partial charge in [-0.2, -0.15) is 0 Å². The van der Waals surface area contributed by atoms with Gasteiger partial charge in [0.05, 0.1) is 2.74 Å². The van der Waals surface area contributed by atoms with Gasteiger partial charge in [0.15, 0.2) is 0 Å². The van der Waals surface area contributed by atoms with Crippen LogP contribution < -0.4 is 4.40 Å². The van der Waals surface area contributed by atoms with Crippen molar-refractivity contribution in [3.05, 3.63) is 132 Å². The van der Waals surface area contributed by atoms with Crippen LogP contribution in [0.15, 0.2) is 108 Å². The molecule has 50 heavy (non-hydrogen) atoms. The Hall–Kier alpha value is -4.16. The predicted molar refractivity (Wildman–Crippen MR) is 208 cm³/mol. The Morgan fingerprint density at radius 2 is 1.64 bits per heavy atom. The van der Waals surface area contributed by atoms with Crippen molar-refractivity contribution in [2.24, 2.45) is 5.92 Å². The van der Waals surface area contributed by atoms with Gasteiger partial charge in [0.25, 0.3) is 0 Å². The third-order valence-electron chi connectivity index (χ3n) is 8.52. The Morgan fingerprint density at radius 3 is 2.40 bits per heavy atom. The van der Waals surface area contributed by atoms with Crippen molar-refractivity contribution >= 4 is 61.3 Å². The summed E-state index contributed by atoms with van der Waals surface area (Å²) in [6.45, 7) is 0.00905. The van der Waals surface area contributed by atoms with E-state index in [0.717, 1.165) is 44.6 Å². The standard InChI is InChI=1S/C24H27GeN2O.C20H14N.Ir/c1-15(2)12-17-13-22(26-14-21(17)25(4,5)6)20-9-7-8-18-19-11-10-16(3)27-24(19)28-23(18)20;1-14-6-11-20(21-13-14)17-9-10-19-16(12-17)8-7-15-4-2-3-5-18(15)19;/h7-8,10-11,13-15H,12H2,1-6H3;2-8,10-13H,1H3;/q2*-1;/i3D3;1D3,7D,8D;. The van der Waals surface area contributed by atoms with Crippen LogP contribution in [0.1, 0.15) is 41.6 Å². The number of aryl methyl sites for hydroxylation is 2. The van der Waals surface area contributed by atoms with E-state index in [9.17, 15) is 0 Å². The van der Waals surface area contributed by atoms with Crippen LogP contribution in [0, 0.1) is 31.8 Å². The molecule has 1 radical (unpaired) electrons. The first-order chi connectivity index (χ1) is 26.8. The number of furan rings is 1. The van der Waals surface area contributed by atoms with E-state index in [2.05, 4.69) is 59.3 Å². The summed E-state index contributed by atoms with van der Waals surface area (Å²) in [6, 6.07) is 30.4. The van der Waals surface area contributed by atoms with Gasteiger partial charge in [-0.3, -0.25) is 0 Å². The summed E-state index contributed by atoms with van der Waals surface area (Å²) < 4.78 is 69.3. The van der Waals surface area contributed by atoms with Crippen LogP contribution in [0.25, 0.3) is 66.1 Å². The summed E-state index contributed by atoms with van der Waals surface area (Å²) in [5, 5.41) is 4.86. The number of aromatic nitrogens is 3. The van der Waals surface area contributed by atoms with Crippen molar-refractivity contribution < 1.29 is 35.5 Å². The summed E-state index contributed by atoms with van der Waals surface area (Å²) in [6.07, 6.45) is 4.40. The summed E-state index contributed by atoms with van der Waals surface area (Å²) in [4.78, 5) is 13.3. The molecule has 4 aromatic heterocycles. The van der Waals surface area contributed by atoms with E-state index in [1.165, 1.54) is 22.2 Å². The van der Waals surface area contributed by atoms with Crippen LogP contribution in [0.2, 0.25) is 17.3 Å². The molecular weight excluding hydrogens is 851 g/mol. The van der Waals surface area contributed by atoms with Crippen molar-refractivity contribution in [3.8, 4) is 22.5 Å². The van der Waals surface area contributed by atoms with Crippen LogP contribution in [0.3, 0.4) is 0 Å². The van der Waals surface area contributed by atoms with Crippen molar-refractivity contribution in [3.63, 3.8) is 0 Å². The van der Waals surface area contributed by atoms with E-state index in [-0.39, 0.29) is 43.4 Å². The number of fused-ring (bicyclic) bond motifs is 6. The van der Waals surface area contributed by atoms with E-state index >= 15 is 0 Å². The van der Waals surface area contributed by atoms with Crippen LogP contribution in [-0.2, 0) is 26.5 Å². The van der Waals surface area contributed by atoms with Crippen molar-refractivity contribution in [1.82, 2.24) is 15.0 Å². The maximum atomic E-state index is 8.35. The van der Waals surface area contributed by atoms with Crippen molar-refractivity contribution in [1.29, 1.82) is 0 Å². The van der Waals surface area contributed by atoms with Gasteiger partial charge in [0.2, 0.25) is 0 Å². The molecule has 0 amide bonds. The fourth-order valence-electron chi connectivity index (χ4n) is 6.21. The van der Waals surface area contributed by atoms with Crippen molar-refractivity contribution in [2.45, 2.75) is 51.2 Å². The van der Waals surface area contributed by atoms with Crippen LogP contribution in [0.4, 0.5) is 0 Å². The van der Waals surface area contributed by atoms with E-state index in [1.54, 1.807) is 24.3 Å². The molecule has 0 aliphatic heterocycles. The SMILES string of the molecule is [2H]C([2H])([2H])c1ccc2c(n1)oc1c(-c3cc(CC(C)C)[c]([Ge]([CH3])([CH3])[CH3])cn3)[c-]ccc12.[2H]c1c([2H])c2ccccc2c2c[c-]c(-c3ccc(C([2H])([2H])[2H])cn3)cc12.[Ir]. The smallest absolute Gasteiger partial charge is 0.0629 e. The van der Waals surface area contributed by atoms with Gasteiger partial charge in [0.1, 0.15) is 0 Å². The molecule has 0 saturated carbocycles. The van der Waals surface area contributed by atoms with E-state index < -0.39 is 27.0 Å². The number of rotatable bonds is 5. The molecule has 0 aliphatic rings. The fraction of sp³-hybridized carbons (Fsp3) is 0.205. The van der Waals surface area contributed by atoms with Gasteiger partial charge in [0, 0.05) is 30.4 Å². The Bertz CT molecular complexity index is 2790. The van der Waals surface area contributed by atoms with E-state index in [1.807, 2.05) is 48.7 Å². The molecule has 0 atom stereocenters. The largest absolute Gasteiger partial charge is 0.304 e. The molecule has 0 N–H and O–H groups in total. The molecule has 4 heterocycles. The van der Waals surface area contributed by atoms with Crippen LogP contribution in [0.5, 0.6) is 0 Å². The second-order valence-electron chi connectivity index (χ2n) is 13.7. The number of nitrogens with zero attached hydrogens (tertiary/aromatic N) is 3. The molecule has 0 saturated heterocycles. The Labute approximate surface area is 322 Å². The second-order valence-corrected chi connectivity index (χ2v) is 24.3. The Kier molecular flexibility index (Phi) is 7.77. The number of benzene rings is 4. The minimum Gasteiger partial charge on any atom is -0.304 e. The summed E-state index contributed by atoms with van der Waals surface area (Å²) in [5.41, 5.74) is 5.39. The van der Waals surface area contributed by atoms with Gasteiger partial charge in [-0.25, -0.2) is 0 Å². The minimum atomic E-state index is -2.27. The summed E-state index contributed by atoms with van der Waals surface area (Å²) in [5.74, 6) is 7.72. The number of pyridine rings is 3. The average molecular weight is 901 g/mol. The number of hydrogen-bond acceptors (Lipinski definition) is 4. The third kappa shape index (κ3) is 7.32. The molecule has 0 bridgehead atoms. The first-order valence-electron chi connectivity index (χ1n) is 20.4. The first-order valence-corrected chi connectivity index (χ1v) is 23.7. The Morgan fingerprint density at radius 1 is 0.820 bits per heavy atom. The quantitative estimate of drug-likeness (QED) is 0.0981. The molecule has 4 aromatic carbocycles. The molecule has 6 heteroatoms. The minimum absolute atomic E-state index is 0. The molecule has 0 aliphatic carbocycles. The van der Waals surface area contributed by atoms with Crippen LogP contribution >= 0.6 is 0 Å². The molecule has 8 rings (SSSR count). The topological polar surface area (TPSA) is 51.8 Å². The predicted octanol–water partition coefficient (Wildman–Crippen LogP) is 11.1. The maximum absolute atomic E-state index is 8.35.